The maximum absolute atomic E-state index is 11.7. The number of ketones is 1. The van der Waals surface area contributed by atoms with Gasteiger partial charge in [-0.1, -0.05) is 48.5 Å². The van der Waals surface area contributed by atoms with Crippen LogP contribution in [0, 0.1) is 6.92 Å². The number of nitrogens with zero attached hydrogens (tertiary/aromatic N) is 1. The summed E-state index contributed by atoms with van der Waals surface area (Å²) in [5, 5.41) is 3.51. The van der Waals surface area contributed by atoms with Gasteiger partial charge < -0.3 is 25.3 Å². The number of nitrogens with two attached hydrogens (primary N) is 1. The molecule has 222 valence electrons. The number of carbonyl (C=O) groups is 2. The number of rotatable bonds is 14. The van der Waals surface area contributed by atoms with E-state index in [1.54, 1.807) is 19.2 Å². The Morgan fingerprint density at radius 1 is 0.930 bits per heavy atom. The fraction of sp³-hybridized carbons (Fsp3) is 0.306. The Kier molecular flexibility index (Phi) is 9.84. The standard InChI is InChI=1S/C36H39N3O4/c1-24(40)9-8-16-38-21-33-31-14-7-15-32(31)34(18-35(33)42-22-26-17-29(36(37)41)20-39-19-26)43-23-28-12-6-13-30(25(28)2)27-10-4-3-5-11-27/h3-6,10-13,17-20,38H,7-9,14-16,21-23H2,1-2H3,(H2,37,41). The van der Waals surface area contributed by atoms with E-state index in [9.17, 15) is 9.59 Å². The van der Waals surface area contributed by atoms with Gasteiger partial charge in [0.2, 0.25) is 5.91 Å². The van der Waals surface area contributed by atoms with Gasteiger partial charge in [0, 0.05) is 42.6 Å². The van der Waals surface area contributed by atoms with E-state index in [1.165, 1.54) is 34.0 Å². The van der Waals surface area contributed by atoms with Crippen LogP contribution >= 0.6 is 0 Å². The second-order valence-electron chi connectivity index (χ2n) is 11.1. The van der Waals surface area contributed by atoms with Crippen LogP contribution in [-0.4, -0.2) is 23.2 Å². The van der Waals surface area contributed by atoms with Crippen LogP contribution < -0.4 is 20.5 Å². The summed E-state index contributed by atoms with van der Waals surface area (Å²) in [6.07, 6.45) is 7.46. The number of primary amides is 1. The first-order valence-corrected chi connectivity index (χ1v) is 14.9. The second kappa shape index (κ2) is 14.1. The first-order valence-electron chi connectivity index (χ1n) is 14.9. The molecule has 0 spiro atoms. The molecule has 43 heavy (non-hydrogen) atoms. The summed E-state index contributed by atoms with van der Waals surface area (Å²) in [5.41, 5.74) is 14.9. The lowest BCUT2D eigenvalue weighted by Gasteiger charge is -2.20. The van der Waals surface area contributed by atoms with Crippen molar-refractivity contribution in [2.24, 2.45) is 5.73 Å². The van der Waals surface area contributed by atoms with E-state index in [-0.39, 0.29) is 12.4 Å². The largest absolute Gasteiger partial charge is 0.488 e. The summed E-state index contributed by atoms with van der Waals surface area (Å²) in [5.74, 6) is 1.26. The highest BCUT2D eigenvalue weighted by atomic mass is 16.5. The van der Waals surface area contributed by atoms with Gasteiger partial charge in [-0.25, -0.2) is 0 Å². The van der Waals surface area contributed by atoms with Gasteiger partial charge >= 0.3 is 0 Å². The number of nitrogens with one attached hydrogen (secondary N) is 1. The van der Waals surface area contributed by atoms with Crippen molar-refractivity contribution < 1.29 is 19.1 Å². The van der Waals surface area contributed by atoms with E-state index < -0.39 is 5.91 Å². The molecule has 3 N–H and O–H groups in total. The highest BCUT2D eigenvalue weighted by Gasteiger charge is 2.24. The van der Waals surface area contributed by atoms with Crippen LogP contribution in [0.25, 0.3) is 11.1 Å². The van der Waals surface area contributed by atoms with E-state index in [0.29, 0.717) is 25.1 Å². The minimum Gasteiger partial charge on any atom is -0.488 e. The molecule has 1 aliphatic carbocycles. The molecular formula is C36H39N3O4. The molecule has 1 aliphatic rings. The molecule has 5 rings (SSSR count). The third-order valence-electron chi connectivity index (χ3n) is 8.01. The Bertz CT molecular complexity index is 1600. The number of amides is 1. The van der Waals surface area contributed by atoms with Crippen molar-refractivity contribution in [2.75, 3.05) is 6.54 Å². The summed E-state index contributed by atoms with van der Waals surface area (Å²) in [6.45, 7) is 5.84. The van der Waals surface area contributed by atoms with Crippen LogP contribution in [0.3, 0.4) is 0 Å². The van der Waals surface area contributed by atoms with Crippen LogP contribution in [0.5, 0.6) is 11.5 Å². The molecule has 0 unspecified atom stereocenters. The first-order chi connectivity index (χ1) is 20.9. The van der Waals surface area contributed by atoms with Crippen LogP contribution in [0.1, 0.15) is 69.9 Å². The Morgan fingerprint density at radius 3 is 2.51 bits per heavy atom. The fourth-order valence-corrected chi connectivity index (χ4v) is 5.71. The molecule has 3 aromatic carbocycles. The maximum atomic E-state index is 11.7. The molecule has 0 fully saturated rings. The predicted molar refractivity (Wildman–Crippen MR) is 168 cm³/mol. The summed E-state index contributed by atoms with van der Waals surface area (Å²) >= 11 is 0. The average Bonchev–Trinajstić information content (AvgIpc) is 3.51. The number of hydrogen-bond donors (Lipinski definition) is 2. The van der Waals surface area contributed by atoms with E-state index in [1.807, 2.05) is 12.1 Å². The zero-order valence-electron chi connectivity index (χ0n) is 24.9. The predicted octanol–water partition coefficient (Wildman–Crippen LogP) is 6.26. The second-order valence-corrected chi connectivity index (χ2v) is 11.1. The van der Waals surface area contributed by atoms with E-state index in [0.717, 1.165) is 60.4 Å². The normalized spacial score (nSPS) is 12.1. The van der Waals surface area contributed by atoms with Crippen LogP contribution in [0.4, 0.5) is 0 Å². The van der Waals surface area contributed by atoms with Crippen LogP contribution in [0.2, 0.25) is 0 Å². The van der Waals surface area contributed by atoms with Gasteiger partial charge in [-0.3, -0.25) is 9.78 Å². The SMILES string of the molecule is CC(=O)CCCNCc1c(OCc2cncc(C(N)=O)c2)cc(OCc2cccc(-c3ccccc3)c2C)c2c1CCC2. The van der Waals surface area contributed by atoms with Crippen LogP contribution in [0.15, 0.2) is 73.1 Å². The number of ether oxygens (including phenoxy) is 2. The molecule has 0 saturated carbocycles. The van der Waals surface area contributed by atoms with E-state index in [2.05, 4.69) is 59.7 Å². The van der Waals surface area contributed by atoms with Gasteiger partial charge in [-0.2, -0.15) is 0 Å². The zero-order chi connectivity index (χ0) is 30.2. The molecule has 1 heterocycles. The van der Waals surface area contributed by atoms with Crippen molar-refractivity contribution in [3.05, 3.63) is 112 Å². The van der Waals surface area contributed by atoms with Gasteiger partial charge in [0.15, 0.2) is 0 Å². The van der Waals surface area contributed by atoms with Gasteiger partial charge in [-0.15, -0.1) is 0 Å². The third-order valence-corrected chi connectivity index (χ3v) is 8.01. The minimum absolute atomic E-state index is 0.199. The summed E-state index contributed by atoms with van der Waals surface area (Å²) in [6, 6.07) is 20.5. The molecule has 7 heteroatoms. The average molecular weight is 578 g/mol. The lowest BCUT2D eigenvalue weighted by atomic mass is 9.97. The molecule has 1 aromatic heterocycles. The number of benzene rings is 3. The minimum atomic E-state index is -0.523. The van der Waals surface area contributed by atoms with E-state index >= 15 is 0 Å². The number of fused-ring (bicyclic) bond motifs is 1. The van der Waals surface area contributed by atoms with Crippen molar-refractivity contribution in [2.45, 2.75) is 65.7 Å². The number of pyridine rings is 1. The van der Waals surface area contributed by atoms with Crippen molar-refractivity contribution in [1.29, 1.82) is 0 Å². The summed E-state index contributed by atoms with van der Waals surface area (Å²) in [4.78, 5) is 27.2. The molecular weight excluding hydrogens is 538 g/mol. The molecule has 0 saturated heterocycles. The maximum Gasteiger partial charge on any atom is 0.250 e. The van der Waals surface area contributed by atoms with Crippen molar-refractivity contribution >= 4 is 11.7 Å². The summed E-state index contributed by atoms with van der Waals surface area (Å²) in [7, 11) is 0. The third kappa shape index (κ3) is 7.48. The van der Waals surface area contributed by atoms with Crippen molar-refractivity contribution in [3.8, 4) is 22.6 Å². The molecule has 1 amide bonds. The highest BCUT2D eigenvalue weighted by Crippen LogP contribution is 2.40. The quantitative estimate of drug-likeness (QED) is 0.172. The van der Waals surface area contributed by atoms with E-state index in [4.69, 9.17) is 15.2 Å². The van der Waals surface area contributed by atoms with Crippen molar-refractivity contribution in [1.82, 2.24) is 10.3 Å². The molecule has 0 radical (unpaired) electrons. The van der Waals surface area contributed by atoms with Crippen LogP contribution in [-0.2, 0) is 37.4 Å². The smallest absolute Gasteiger partial charge is 0.250 e. The molecule has 0 bridgehead atoms. The van der Waals surface area contributed by atoms with Gasteiger partial charge in [0.05, 0.1) is 5.56 Å². The number of Topliss-reactive ketones (excluding diaryl/α,β-unsaturated/α-hetero) is 1. The van der Waals surface area contributed by atoms with Gasteiger partial charge in [0.1, 0.15) is 30.5 Å². The molecule has 4 aromatic rings. The summed E-state index contributed by atoms with van der Waals surface area (Å²) < 4.78 is 13.0. The van der Waals surface area contributed by atoms with Gasteiger partial charge in [0.25, 0.3) is 0 Å². The van der Waals surface area contributed by atoms with Gasteiger partial charge in [-0.05, 0) is 85.5 Å². The highest BCUT2D eigenvalue weighted by molar-refractivity contribution is 5.92. The lowest BCUT2D eigenvalue weighted by molar-refractivity contribution is -0.117. The van der Waals surface area contributed by atoms with Crippen molar-refractivity contribution in [3.63, 3.8) is 0 Å². The Labute approximate surface area is 253 Å². The monoisotopic (exact) mass is 577 g/mol. The number of hydrogen-bond acceptors (Lipinski definition) is 6. The first kappa shape index (κ1) is 30.0. The topological polar surface area (TPSA) is 104 Å². The number of carbonyl (C=O) groups excluding carboxylic acids is 2. The molecule has 0 atom stereocenters. The molecule has 7 nitrogen and oxygen atoms in total. The molecule has 0 aliphatic heterocycles. The lowest BCUT2D eigenvalue weighted by Crippen LogP contribution is -2.18. The number of aromatic nitrogens is 1. The zero-order valence-corrected chi connectivity index (χ0v) is 24.9. The Balaban J connectivity index is 1.41. The Morgan fingerprint density at radius 2 is 1.72 bits per heavy atom. The Hall–Kier alpha value is -4.49. The fourth-order valence-electron chi connectivity index (χ4n) is 5.71.